The number of rotatable bonds is 12. The van der Waals surface area contributed by atoms with Gasteiger partial charge in [-0.15, -0.1) is 23.1 Å². The number of nitrogens with zero attached hydrogens (tertiary/aromatic N) is 1. The van der Waals surface area contributed by atoms with E-state index in [0.717, 1.165) is 10.5 Å². The number of halogens is 2. The van der Waals surface area contributed by atoms with E-state index in [1.165, 1.54) is 29.2 Å². The van der Waals surface area contributed by atoms with Gasteiger partial charge in [0.1, 0.15) is 11.4 Å². The molecule has 1 atom stereocenters. The van der Waals surface area contributed by atoms with Crippen molar-refractivity contribution in [3.05, 3.63) is 129 Å². The number of thiazole rings is 1. The molecule has 0 aliphatic carbocycles. The molecule has 0 spiro atoms. The summed E-state index contributed by atoms with van der Waals surface area (Å²) in [7, 11) is 1.60. The van der Waals surface area contributed by atoms with Crippen molar-refractivity contribution in [1.82, 2.24) is 10.3 Å². The van der Waals surface area contributed by atoms with E-state index in [1.54, 1.807) is 73.8 Å². The Morgan fingerprint density at radius 1 is 0.917 bits per heavy atom. The minimum absolute atomic E-state index is 0.0568. The molecule has 12 heteroatoms. The molecule has 0 saturated heterocycles. The summed E-state index contributed by atoms with van der Waals surface area (Å²) in [5, 5.41) is 11.0. The third-order valence-electron chi connectivity index (χ3n) is 6.97. The van der Waals surface area contributed by atoms with Crippen molar-refractivity contribution in [1.29, 1.82) is 0 Å². The van der Waals surface area contributed by atoms with E-state index in [4.69, 9.17) is 27.9 Å². The van der Waals surface area contributed by atoms with Crippen LogP contribution in [0, 0.1) is 0 Å². The van der Waals surface area contributed by atoms with Crippen molar-refractivity contribution in [2.45, 2.75) is 23.5 Å². The van der Waals surface area contributed by atoms with Gasteiger partial charge in [0.25, 0.3) is 11.8 Å². The van der Waals surface area contributed by atoms with E-state index in [9.17, 15) is 14.4 Å². The van der Waals surface area contributed by atoms with E-state index < -0.39 is 17.1 Å². The maximum atomic E-state index is 13.6. The summed E-state index contributed by atoms with van der Waals surface area (Å²) in [6.45, 7) is 1.93. The van der Waals surface area contributed by atoms with Crippen LogP contribution in [0.4, 0.5) is 10.8 Å². The summed E-state index contributed by atoms with van der Waals surface area (Å²) in [6.07, 6.45) is 1.99. The van der Waals surface area contributed by atoms with Crippen molar-refractivity contribution >= 4 is 80.9 Å². The van der Waals surface area contributed by atoms with Crippen molar-refractivity contribution < 1.29 is 19.1 Å². The van der Waals surface area contributed by atoms with E-state index in [2.05, 4.69) is 20.9 Å². The second-order valence-corrected chi connectivity index (χ2v) is 13.2. The number of para-hydroxylation sites is 1. The molecular formula is C36H30Cl2N4O4S2. The monoisotopic (exact) mass is 716 g/mol. The molecule has 0 bridgehead atoms. The Bertz CT molecular complexity index is 1950. The van der Waals surface area contributed by atoms with Crippen molar-refractivity contribution in [2.75, 3.05) is 17.7 Å². The summed E-state index contributed by atoms with van der Waals surface area (Å²) >= 11 is 15.5. The predicted molar refractivity (Wildman–Crippen MR) is 196 cm³/mol. The SMILES string of the molecule is CCC(Sc1cccc(NC(=O)/C(=C\c2c(Cl)cccc2Cl)NC(=O)c2ccccc2)c1)C(=O)Nc1nc(-c2ccccc2OC)cs1. The molecule has 244 valence electrons. The van der Waals surface area contributed by atoms with Crippen molar-refractivity contribution in [3.63, 3.8) is 0 Å². The number of hydrogen-bond donors (Lipinski definition) is 3. The van der Waals surface area contributed by atoms with Crippen LogP contribution in [0.2, 0.25) is 10.0 Å². The number of benzene rings is 4. The highest BCUT2D eigenvalue weighted by atomic mass is 35.5. The summed E-state index contributed by atoms with van der Waals surface area (Å²) in [5.74, 6) is -0.555. The molecule has 0 fully saturated rings. The van der Waals surface area contributed by atoms with Crippen LogP contribution in [0.15, 0.2) is 113 Å². The van der Waals surface area contributed by atoms with E-state index >= 15 is 0 Å². The van der Waals surface area contributed by atoms with Crippen LogP contribution in [-0.4, -0.2) is 35.1 Å². The standard InChI is InChI=1S/C36H30Cl2N4O4S2/c1-3-32(35(45)42-36-41-30(21-47-36)25-15-7-8-18-31(25)46-2)48-24-14-9-13-23(19-24)39-34(44)29(20-26-27(37)16-10-17-28(26)38)40-33(43)22-11-5-4-6-12-22/h4-21,32H,3H2,1-2H3,(H,39,44)(H,40,43)(H,41,42,45)/b29-20+. The Hall–Kier alpha value is -4.61. The fourth-order valence-electron chi connectivity index (χ4n) is 4.56. The minimum Gasteiger partial charge on any atom is -0.496 e. The summed E-state index contributed by atoms with van der Waals surface area (Å²) < 4.78 is 5.45. The first-order valence-corrected chi connectivity index (χ1v) is 17.3. The molecule has 3 amide bonds. The number of thioether (sulfide) groups is 1. The molecule has 5 aromatic rings. The number of aromatic nitrogens is 1. The first kappa shape index (κ1) is 34.7. The second-order valence-electron chi connectivity index (χ2n) is 10.2. The zero-order valence-corrected chi connectivity index (χ0v) is 29.0. The Morgan fingerprint density at radius 2 is 1.62 bits per heavy atom. The molecule has 0 aliphatic rings. The molecule has 4 aromatic carbocycles. The van der Waals surface area contributed by atoms with Gasteiger partial charge in [0.15, 0.2) is 5.13 Å². The van der Waals surface area contributed by atoms with Crippen LogP contribution in [0.5, 0.6) is 5.75 Å². The molecule has 0 aliphatic heterocycles. The molecule has 8 nitrogen and oxygen atoms in total. The number of hydrogen-bond acceptors (Lipinski definition) is 7. The molecule has 48 heavy (non-hydrogen) atoms. The van der Waals surface area contributed by atoms with E-state index in [1.807, 2.05) is 42.6 Å². The molecule has 1 aromatic heterocycles. The third kappa shape index (κ3) is 8.84. The number of anilines is 2. The largest absolute Gasteiger partial charge is 0.496 e. The highest BCUT2D eigenvalue weighted by Gasteiger charge is 2.21. The van der Waals surface area contributed by atoms with Gasteiger partial charge >= 0.3 is 0 Å². The quantitative estimate of drug-likeness (QED) is 0.0878. The summed E-state index contributed by atoms with van der Waals surface area (Å²) in [5.41, 5.74) is 2.71. The predicted octanol–water partition coefficient (Wildman–Crippen LogP) is 9.04. The van der Waals surface area contributed by atoms with Gasteiger partial charge in [0.2, 0.25) is 5.91 Å². The first-order valence-electron chi connectivity index (χ1n) is 14.8. The van der Waals surface area contributed by atoms with Crippen LogP contribution in [0.25, 0.3) is 17.3 Å². The number of nitrogens with one attached hydrogen (secondary N) is 3. The zero-order chi connectivity index (χ0) is 34.0. The number of carbonyl (C=O) groups excluding carboxylic acids is 3. The van der Waals surface area contributed by atoms with Gasteiger partial charge in [-0.3, -0.25) is 14.4 Å². The van der Waals surface area contributed by atoms with Gasteiger partial charge in [-0.2, -0.15) is 0 Å². The van der Waals surface area contributed by atoms with Gasteiger partial charge in [-0.1, -0.05) is 72.6 Å². The van der Waals surface area contributed by atoms with Crippen molar-refractivity contribution in [3.8, 4) is 17.0 Å². The lowest BCUT2D eigenvalue weighted by Crippen LogP contribution is -2.30. The fraction of sp³-hybridized carbons (Fsp3) is 0.111. The lowest BCUT2D eigenvalue weighted by Gasteiger charge is -2.15. The first-order chi connectivity index (χ1) is 23.2. The Balaban J connectivity index is 1.30. The van der Waals surface area contributed by atoms with Crippen molar-refractivity contribution in [2.24, 2.45) is 0 Å². The highest BCUT2D eigenvalue weighted by Crippen LogP contribution is 2.33. The molecule has 3 N–H and O–H groups in total. The Labute approximate surface area is 296 Å². The number of methoxy groups -OCH3 is 1. The second kappa shape index (κ2) is 16.5. The Morgan fingerprint density at radius 3 is 2.35 bits per heavy atom. The lowest BCUT2D eigenvalue weighted by molar-refractivity contribution is -0.116. The average Bonchev–Trinajstić information content (AvgIpc) is 3.56. The molecule has 0 radical (unpaired) electrons. The summed E-state index contributed by atoms with van der Waals surface area (Å²) in [6, 6.07) is 28.2. The Kier molecular flexibility index (Phi) is 11.9. The zero-order valence-electron chi connectivity index (χ0n) is 25.8. The average molecular weight is 718 g/mol. The number of ether oxygens (including phenoxy) is 1. The van der Waals surface area contributed by atoms with Crippen LogP contribution in [-0.2, 0) is 9.59 Å². The topological polar surface area (TPSA) is 109 Å². The number of carbonyl (C=O) groups is 3. The van der Waals surface area contributed by atoms with Gasteiger partial charge in [-0.25, -0.2) is 4.98 Å². The van der Waals surface area contributed by atoms with Crippen LogP contribution < -0.4 is 20.7 Å². The maximum absolute atomic E-state index is 13.6. The summed E-state index contributed by atoms with van der Waals surface area (Å²) in [4.78, 5) is 45.3. The van der Waals surface area contributed by atoms with Gasteiger partial charge in [0, 0.05) is 42.7 Å². The molecule has 1 unspecified atom stereocenters. The van der Waals surface area contributed by atoms with Gasteiger partial charge < -0.3 is 20.7 Å². The molecule has 5 rings (SSSR count). The minimum atomic E-state index is -0.586. The van der Waals surface area contributed by atoms with Gasteiger partial charge in [-0.05, 0) is 67.1 Å². The normalized spacial score (nSPS) is 11.8. The van der Waals surface area contributed by atoms with E-state index in [0.29, 0.717) is 49.9 Å². The molecule has 0 saturated carbocycles. The van der Waals surface area contributed by atoms with Crippen LogP contribution in [0.1, 0.15) is 29.3 Å². The third-order valence-corrected chi connectivity index (χ3v) is 9.74. The molecule has 1 heterocycles. The smallest absolute Gasteiger partial charge is 0.272 e. The van der Waals surface area contributed by atoms with Crippen LogP contribution in [0.3, 0.4) is 0 Å². The fourth-order valence-corrected chi connectivity index (χ4v) is 6.80. The van der Waals surface area contributed by atoms with Gasteiger partial charge in [0.05, 0.1) is 18.1 Å². The lowest BCUT2D eigenvalue weighted by atomic mass is 10.1. The number of amides is 3. The highest BCUT2D eigenvalue weighted by molar-refractivity contribution is 8.00. The van der Waals surface area contributed by atoms with E-state index in [-0.39, 0.29) is 11.6 Å². The maximum Gasteiger partial charge on any atom is 0.272 e. The van der Waals surface area contributed by atoms with Crippen LogP contribution >= 0.6 is 46.3 Å². The molecular weight excluding hydrogens is 687 g/mol.